The van der Waals surface area contributed by atoms with Gasteiger partial charge in [-0.05, 0) is 57.0 Å². The number of ether oxygens (including phenoxy) is 1. The van der Waals surface area contributed by atoms with Gasteiger partial charge in [0.15, 0.2) is 0 Å². The summed E-state index contributed by atoms with van der Waals surface area (Å²) >= 11 is 0. The first kappa shape index (κ1) is 23.1. The van der Waals surface area contributed by atoms with E-state index in [4.69, 9.17) is 4.42 Å². The molecule has 3 aromatic rings. The molecular weight excluding hydrogens is 431 g/mol. The van der Waals surface area contributed by atoms with Crippen LogP contribution in [0.3, 0.4) is 0 Å². The van der Waals surface area contributed by atoms with Gasteiger partial charge in [0, 0.05) is 35.2 Å². The summed E-state index contributed by atoms with van der Waals surface area (Å²) in [5.41, 5.74) is -0.123. The summed E-state index contributed by atoms with van der Waals surface area (Å²) in [6.45, 7) is 4.78. The number of carbonyl (C=O) groups is 1. The number of rotatable bonds is 5. The average molecular weight is 457 g/mol. The number of alkyl halides is 1. The second kappa shape index (κ2) is 8.71. The number of hydrogen-bond donors (Lipinski definition) is 0. The van der Waals surface area contributed by atoms with Crippen LogP contribution in [0, 0.1) is 11.6 Å². The van der Waals surface area contributed by atoms with E-state index < -0.39 is 29.3 Å². The van der Waals surface area contributed by atoms with Crippen molar-refractivity contribution in [2.45, 2.75) is 44.9 Å². The van der Waals surface area contributed by atoms with Crippen molar-refractivity contribution in [2.75, 3.05) is 13.7 Å². The Labute approximate surface area is 190 Å². The average Bonchev–Trinajstić information content (AvgIpc) is 3.10. The number of benzene rings is 2. The number of furan rings is 1. The van der Waals surface area contributed by atoms with E-state index in [9.17, 15) is 9.18 Å². The Kier molecular flexibility index (Phi) is 6.10. The number of nitrogens with zero attached hydrogens (tertiary/aromatic N) is 1. The van der Waals surface area contributed by atoms with Crippen molar-refractivity contribution >= 4 is 23.0 Å². The summed E-state index contributed by atoms with van der Waals surface area (Å²) in [5.74, 6) is -1.81. The van der Waals surface area contributed by atoms with E-state index in [0.29, 0.717) is 17.8 Å². The third-order valence-corrected chi connectivity index (χ3v) is 5.92. The van der Waals surface area contributed by atoms with Crippen LogP contribution >= 0.6 is 0 Å². The summed E-state index contributed by atoms with van der Waals surface area (Å²) in [6, 6.07) is 8.63. The molecule has 0 spiro atoms. The Morgan fingerprint density at radius 3 is 2.55 bits per heavy atom. The van der Waals surface area contributed by atoms with Gasteiger partial charge in [0.2, 0.25) is 0 Å². The lowest BCUT2D eigenvalue weighted by Crippen LogP contribution is -2.48. The van der Waals surface area contributed by atoms with Crippen LogP contribution in [-0.2, 0) is 16.0 Å². The van der Waals surface area contributed by atoms with E-state index in [1.165, 1.54) is 27.0 Å². The molecule has 1 aliphatic rings. The van der Waals surface area contributed by atoms with Crippen molar-refractivity contribution in [2.24, 2.45) is 0 Å². The van der Waals surface area contributed by atoms with Crippen LogP contribution in [0.25, 0.3) is 17.0 Å². The van der Waals surface area contributed by atoms with Gasteiger partial charge < -0.3 is 9.15 Å². The van der Waals surface area contributed by atoms with Gasteiger partial charge in [-0.1, -0.05) is 18.2 Å². The minimum atomic E-state index is -1.59. The predicted molar refractivity (Wildman–Crippen MR) is 121 cm³/mol. The highest BCUT2D eigenvalue weighted by molar-refractivity contribution is 5.87. The molecule has 2 aromatic carbocycles. The van der Waals surface area contributed by atoms with Gasteiger partial charge in [0.05, 0.1) is 7.11 Å². The maximum atomic E-state index is 15.4. The van der Waals surface area contributed by atoms with Gasteiger partial charge in [-0.25, -0.2) is 18.0 Å². The third kappa shape index (κ3) is 4.55. The van der Waals surface area contributed by atoms with Gasteiger partial charge in [0.25, 0.3) is 0 Å². The van der Waals surface area contributed by atoms with E-state index >= 15 is 8.78 Å². The van der Waals surface area contributed by atoms with Crippen molar-refractivity contribution in [3.05, 3.63) is 76.6 Å². The molecule has 0 fully saturated rings. The fourth-order valence-electron chi connectivity index (χ4n) is 4.54. The van der Waals surface area contributed by atoms with Gasteiger partial charge in [0.1, 0.15) is 34.7 Å². The van der Waals surface area contributed by atoms with E-state index in [2.05, 4.69) is 4.74 Å². The molecule has 33 heavy (non-hydrogen) atoms. The largest absolute Gasteiger partial charge is 0.466 e. The quantitative estimate of drug-likeness (QED) is 0.349. The Morgan fingerprint density at radius 1 is 1.24 bits per heavy atom. The van der Waals surface area contributed by atoms with Crippen LogP contribution in [0.2, 0.25) is 0 Å². The van der Waals surface area contributed by atoms with Gasteiger partial charge in [-0.3, -0.25) is 4.90 Å². The van der Waals surface area contributed by atoms with E-state index in [0.717, 1.165) is 29.2 Å². The zero-order valence-electron chi connectivity index (χ0n) is 19.0. The number of methoxy groups -OCH3 is 1. The normalized spacial score (nSPS) is 19.2. The van der Waals surface area contributed by atoms with E-state index in [1.54, 1.807) is 4.90 Å². The molecule has 174 valence electrons. The molecular formula is C26H26F3NO3. The molecule has 1 aromatic heterocycles. The number of para-hydroxylation sites is 1. The maximum Gasteiger partial charge on any atom is 0.330 e. The Hall–Kier alpha value is -3.06. The standard InChI is InChI=1S/C26H26F3NO3/c1-15-11-18-17-7-5-6-8-21(17)33-25(18)24(30(15)14-26(2,3)29)23-19(27)12-16(13-20(23)28)9-10-22(31)32-4/h5-10,12-13,15,24H,11,14H2,1-4H3/b10-9+. The van der Waals surface area contributed by atoms with Crippen LogP contribution in [-0.4, -0.2) is 36.2 Å². The first-order chi connectivity index (χ1) is 15.6. The Balaban J connectivity index is 1.89. The monoisotopic (exact) mass is 457 g/mol. The fourth-order valence-corrected chi connectivity index (χ4v) is 4.54. The molecule has 1 aliphatic heterocycles. The van der Waals surface area contributed by atoms with Gasteiger partial charge >= 0.3 is 5.97 Å². The number of fused-ring (bicyclic) bond motifs is 3. The predicted octanol–water partition coefficient (Wildman–Crippen LogP) is 5.98. The summed E-state index contributed by atoms with van der Waals surface area (Å²) in [5, 5.41) is 0.891. The van der Waals surface area contributed by atoms with Crippen LogP contribution in [0.1, 0.15) is 49.3 Å². The highest BCUT2D eigenvalue weighted by Crippen LogP contribution is 2.44. The molecule has 7 heteroatoms. The Bertz CT molecular complexity index is 1200. The van der Waals surface area contributed by atoms with Crippen molar-refractivity contribution in [1.29, 1.82) is 0 Å². The van der Waals surface area contributed by atoms with Crippen LogP contribution in [0.4, 0.5) is 13.2 Å². The second-order valence-corrected chi connectivity index (χ2v) is 9.04. The first-order valence-corrected chi connectivity index (χ1v) is 10.8. The lowest BCUT2D eigenvalue weighted by Gasteiger charge is -2.42. The maximum absolute atomic E-state index is 15.4. The van der Waals surface area contributed by atoms with Gasteiger partial charge in [-0.2, -0.15) is 0 Å². The smallest absolute Gasteiger partial charge is 0.330 e. The molecule has 2 atom stereocenters. The molecule has 0 saturated heterocycles. The van der Waals surface area contributed by atoms with E-state index in [1.807, 2.05) is 31.2 Å². The van der Waals surface area contributed by atoms with Crippen molar-refractivity contribution in [3.8, 4) is 0 Å². The third-order valence-electron chi connectivity index (χ3n) is 5.92. The van der Waals surface area contributed by atoms with Crippen molar-refractivity contribution in [1.82, 2.24) is 4.90 Å². The zero-order chi connectivity index (χ0) is 23.9. The van der Waals surface area contributed by atoms with Crippen molar-refractivity contribution in [3.63, 3.8) is 0 Å². The molecule has 0 saturated carbocycles. The van der Waals surface area contributed by atoms with Crippen LogP contribution in [0.15, 0.2) is 46.9 Å². The minimum absolute atomic E-state index is 0.0296. The minimum Gasteiger partial charge on any atom is -0.466 e. The molecule has 4 nitrogen and oxygen atoms in total. The molecule has 0 amide bonds. The number of esters is 1. The Morgan fingerprint density at radius 2 is 1.91 bits per heavy atom. The molecule has 0 aliphatic carbocycles. The molecule has 2 heterocycles. The molecule has 0 bridgehead atoms. The van der Waals surface area contributed by atoms with Crippen molar-refractivity contribution < 1.29 is 27.1 Å². The SMILES string of the molecule is COC(=O)/C=C/c1cc(F)c(C2c3oc4ccccc4c3CC(C)N2CC(C)(C)F)c(F)c1. The molecule has 0 radical (unpaired) electrons. The first-order valence-electron chi connectivity index (χ1n) is 10.8. The summed E-state index contributed by atoms with van der Waals surface area (Å²) in [6.07, 6.45) is 2.94. The summed E-state index contributed by atoms with van der Waals surface area (Å²) in [4.78, 5) is 13.1. The highest BCUT2D eigenvalue weighted by atomic mass is 19.1. The second-order valence-electron chi connectivity index (χ2n) is 9.04. The van der Waals surface area contributed by atoms with Crippen LogP contribution < -0.4 is 0 Å². The lowest BCUT2D eigenvalue weighted by molar-refractivity contribution is -0.134. The zero-order valence-corrected chi connectivity index (χ0v) is 19.0. The molecule has 0 N–H and O–H groups in total. The summed E-state index contributed by atoms with van der Waals surface area (Å²) < 4.78 is 56.3. The topological polar surface area (TPSA) is 42.7 Å². The summed E-state index contributed by atoms with van der Waals surface area (Å²) in [7, 11) is 1.22. The molecule has 2 unspecified atom stereocenters. The van der Waals surface area contributed by atoms with Gasteiger partial charge in [-0.15, -0.1) is 0 Å². The fraction of sp³-hybridized carbons (Fsp3) is 0.346. The highest BCUT2D eigenvalue weighted by Gasteiger charge is 2.42. The number of carbonyl (C=O) groups excluding carboxylic acids is 1. The van der Waals surface area contributed by atoms with Crippen LogP contribution in [0.5, 0.6) is 0 Å². The molecule has 4 rings (SSSR count). The lowest BCUT2D eigenvalue weighted by atomic mass is 9.87. The van der Waals surface area contributed by atoms with E-state index in [-0.39, 0.29) is 23.7 Å². The number of halogens is 3. The number of hydrogen-bond acceptors (Lipinski definition) is 4.